The van der Waals surface area contributed by atoms with Gasteiger partial charge >= 0.3 is 0 Å². The van der Waals surface area contributed by atoms with Crippen LogP contribution < -0.4 is 0 Å². The fourth-order valence-corrected chi connectivity index (χ4v) is 1.88. The van der Waals surface area contributed by atoms with Crippen molar-refractivity contribution in [1.82, 2.24) is 4.98 Å². The lowest BCUT2D eigenvalue weighted by molar-refractivity contribution is 0.506. The lowest BCUT2D eigenvalue weighted by atomic mass is 9.87. The normalized spacial score (nSPS) is 12.5. The van der Waals surface area contributed by atoms with Gasteiger partial charge in [0.15, 0.2) is 0 Å². The Labute approximate surface area is 94.1 Å². The topological polar surface area (TPSA) is 12.9 Å². The molecule has 0 saturated carbocycles. The standard InChI is InChI=1S/C12H14BrN/c1-4-5-12(9(2)3)10-6-11(13)8-14-7-10/h1,6-9,12H,5H2,2-3H3. The van der Waals surface area contributed by atoms with Gasteiger partial charge in [-0.25, -0.2) is 0 Å². The highest BCUT2D eigenvalue weighted by Crippen LogP contribution is 2.28. The van der Waals surface area contributed by atoms with Crippen LogP contribution in [0.3, 0.4) is 0 Å². The maximum atomic E-state index is 5.36. The van der Waals surface area contributed by atoms with Crippen LogP contribution in [0.2, 0.25) is 0 Å². The minimum Gasteiger partial charge on any atom is -0.263 e. The molecule has 1 aromatic rings. The largest absolute Gasteiger partial charge is 0.263 e. The second-order valence-electron chi connectivity index (χ2n) is 3.70. The van der Waals surface area contributed by atoms with Gasteiger partial charge in [0.05, 0.1) is 0 Å². The molecule has 0 radical (unpaired) electrons. The maximum absolute atomic E-state index is 5.36. The zero-order chi connectivity index (χ0) is 10.6. The van der Waals surface area contributed by atoms with Crippen LogP contribution in [0, 0.1) is 18.3 Å². The Kier molecular flexibility index (Phi) is 4.16. The van der Waals surface area contributed by atoms with E-state index >= 15 is 0 Å². The van der Waals surface area contributed by atoms with Gasteiger partial charge in [0.1, 0.15) is 0 Å². The van der Waals surface area contributed by atoms with Gasteiger partial charge in [-0.1, -0.05) is 13.8 Å². The van der Waals surface area contributed by atoms with Crippen molar-refractivity contribution in [3.63, 3.8) is 0 Å². The Morgan fingerprint density at radius 1 is 1.50 bits per heavy atom. The first-order chi connectivity index (χ1) is 6.65. The molecule has 14 heavy (non-hydrogen) atoms. The molecule has 2 heteroatoms. The Balaban J connectivity index is 2.94. The second-order valence-corrected chi connectivity index (χ2v) is 4.61. The molecule has 1 rings (SSSR count). The van der Waals surface area contributed by atoms with E-state index in [-0.39, 0.29) is 0 Å². The molecule has 1 heterocycles. The molecule has 1 nitrogen and oxygen atoms in total. The van der Waals surface area contributed by atoms with Gasteiger partial charge in [-0.15, -0.1) is 12.3 Å². The zero-order valence-corrected chi connectivity index (χ0v) is 10.1. The molecule has 0 N–H and O–H groups in total. The molecular formula is C12H14BrN. The third kappa shape index (κ3) is 2.85. The van der Waals surface area contributed by atoms with Gasteiger partial charge in [-0.2, -0.15) is 0 Å². The van der Waals surface area contributed by atoms with Crippen molar-refractivity contribution in [3.8, 4) is 12.3 Å². The Morgan fingerprint density at radius 2 is 2.21 bits per heavy atom. The fourth-order valence-electron chi connectivity index (χ4n) is 1.50. The summed E-state index contributed by atoms with van der Waals surface area (Å²) in [5.41, 5.74) is 1.22. The minimum atomic E-state index is 0.407. The monoisotopic (exact) mass is 251 g/mol. The van der Waals surface area contributed by atoms with Crippen molar-refractivity contribution in [1.29, 1.82) is 0 Å². The quantitative estimate of drug-likeness (QED) is 0.749. The molecule has 0 fully saturated rings. The summed E-state index contributed by atoms with van der Waals surface area (Å²) in [6.45, 7) is 4.37. The third-order valence-corrected chi connectivity index (χ3v) is 2.73. The van der Waals surface area contributed by atoms with E-state index in [9.17, 15) is 0 Å². The molecule has 1 unspecified atom stereocenters. The van der Waals surface area contributed by atoms with E-state index in [0.29, 0.717) is 11.8 Å². The highest BCUT2D eigenvalue weighted by molar-refractivity contribution is 9.10. The molecule has 0 aliphatic rings. The molecule has 0 saturated heterocycles. The lowest BCUT2D eigenvalue weighted by Gasteiger charge is -2.18. The number of nitrogens with zero attached hydrogens (tertiary/aromatic N) is 1. The smallest absolute Gasteiger partial charge is 0.0410 e. The van der Waals surface area contributed by atoms with E-state index in [1.165, 1.54) is 5.56 Å². The van der Waals surface area contributed by atoms with Crippen molar-refractivity contribution in [2.24, 2.45) is 5.92 Å². The van der Waals surface area contributed by atoms with Crippen LogP contribution in [0.15, 0.2) is 22.9 Å². The molecule has 1 atom stereocenters. The summed E-state index contributed by atoms with van der Waals surface area (Å²) < 4.78 is 1.01. The van der Waals surface area contributed by atoms with Gasteiger partial charge in [0.2, 0.25) is 0 Å². The van der Waals surface area contributed by atoms with Crippen molar-refractivity contribution >= 4 is 15.9 Å². The van der Waals surface area contributed by atoms with E-state index in [1.54, 1.807) is 6.20 Å². The summed E-state index contributed by atoms with van der Waals surface area (Å²) in [7, 11) is 0. The third-order valence-electron chi connectivity index (χ3n) is 2.30. The SMILES string of the molecule is C#CCC(c1cncc(Br)c1)C(C)C. The molecule has 0 aliphatic carbocycles. The minimum absolute atomic E-state index is 0.407. The van der Waals surface area contributed by atoms with Gasteiger partial charge in [0.25, 0.3) is 0 Å². The molecule has 0 amide bonds. The van der Waals surface area contributed by atoms with Crippen molar-refractivity contribution in [2.45, 2.75) is 26.2 Å². The Bertz CT molecular complexity index is 338. The number of hydrogen-bond acceptors (Lipinski definition) is 1. The number of rotatable bonds is 3. The maximum Gasteiger partial charge on any atom is 0.0410 e. The van der Waals surface area contributed by atoms with Gasteiger partial charge < -0.3 is 0 Å². The number of pyridine rings is 1. The number of halogens is 1. The van der Waals surface area contributed by atoms with E-state index in [0.717, 1.165) is 10.9 Å². The van der Waals surface area contributed by atoms with Crippen molar-refractivity contribution in [3.05, 3.63) is 28.5 Å². The van der Waals surface area contributed by atoms with E-state index in [4.69, 9.17) is 6.42 Å². The fraction of sp³-hybridized carbons (Fsp3) is 0.417. The molecule has 74 valence electrons. The molecular weight excluding hydrogens is 238 g/mol. The Morgan fingerprint density at radius 3 is 2.71 bits per heavy atom. The second kappa shape index (κ2) is 5.17. The summed E-state index contributed by atoms with van der Waals surface area (Å²) >= 11 is 3.42. The predicted molar refractivity (Wildman–Crippen MR) is 63.0 cm³/mol. The van der Waals surface area contributed by atoms with Gasteiger partial charge in [-0.3, -0.25) is 4.98 Å². The van der Waals surface area contributed by atoms with Crippen LogP contribution in [0.5, 0.6) is 0 Å². The molecule has 0 aromatic carbocycles. The summed E-state index contributed by atoms with van der Waals surface area (Å²) in [6, 6.07) is 2.09. The van der Waals surface area contributed by atoms with Crippen LogP contribution in [-0.4, -0.2) is 4.98 Å². The van der Waals surface area contributed by atoms with Crippen LogP contribution in [0.4, 0.5) is 0 Å². The molecule has 0 bridgehead atoms. The Hall–Kier alpha value is -0.810. The first-order valence-corrected chi connectivity index (χ1v) is 5.48. The summed E-state index contributed by atoms with van der Waals surface area (Å²) in [5.74, 6) is 3.68. The average molecular weight is 252 g/mol. The number of aromatic nitrogens is 1. The first kappa shape index (κ1) is 11.3. The predicted octanol–water partition coefficient (Wildman–Crippen LogP) is 3.61. The summed E-state index contributed by atoms with van der Waals surface area (Å²) in [4.78, 5) is 4.15. The number of hydrogen-bond donors (Lipinski definition) is 0. The van der Waals surface area contributed by atoms with Gasteiger partial charge in [0, 0.05) is 23.3 Å². The van der Waals surface area contributed by atoms with Crippen LogP contribution >= 0.6 is 15.9 Å². The van der Waals surface area contributed by atoms with Crippen LogP contribution in [0.1, 0.15) is 31.7 Å². The van der Waals surface area contributed by atoms with Crippen molar-refractivity contribution in [2.75, 3.05) is 0 Å². The van der Waals surface area contributed by atoms with E-state index in [2.05, 4.69) is 46.7 Å². The summed E-state index contributed by atoms with van der Waals surface area (Å²) in [6.07, 6.45) is 9.82. The first-order valence-electron chi connectivity index (χ1n) is 4.69. The average Bonchev–Trinajstić information content (AvgIpc) is 2.13. The van der Waals surface area contributed by atoms with Crippen LogP contribution in [0.25, 0.3) is 0 Å². The van der Waals surface area contributed by atoms with Gasteiger partial charge in [-0.05, 0) is 39.4 Å². The molecule has 0 aliphatic heterocycles. The van der Waals surface area contributed by atoms with Crippen molar-refractivity contribution < 1.29 is 0 Å². The highest BCUT2D eigenvalue weighted by Gasteiger charge is 2.14. The molecule has 0 spiro atoms. The van der Waals surface area contributed by atoms with Crippen LogP contribution in [-0.2, 0) is 0 Å². The summed E-state index contributed by atoms with van der Waals surface area (Å²) in [5, 5.41) is 0. The highest BCUT2D eigenvalue weighted by atomic mass is 79.9. The van der Waals surface area contributed by atoms with E-state index in [1.807, 2.05) is 6.20 Å². The lowest BCUT2D eigenvalue weighted by Crippen LogP contribution is -2.06. The number of terminal acetylenes is 1. The zero-order valence-electron chi connectivity index (χ0n) is 8.50. The van der Waals surface area contributed by atoms with E-state index < -0.39 is 0 Å². The molecule has 1 aromatic heterocycles.